The van der Waals surface area contributed by atoms with E-state index in [1.807, 2.05) is 19.1 Å². The molecule has 0 radical (unpaired) electrons. The number of nitrogens with zero attached hydrogens (tertiary/aromatic N) is 1. The third-order valence-corrected chi connectivity index (χ3v) is 3.21. The first-order chi connectivity index (χ1) is 7.49. The highest BCUT2D eigenvalue weighted by atomic mass is 16.3. The fraction of sp³-hybridized carbons (Fsp3) is 0.692. The number of rotatable bonds is 6. The predicted molar refractivity (Wildman–Crippen MR) is 67.3 cm³/mol. The van der Waals surface area contributed by atoms with Crippen molar-refractivity contribution in [2.24, 2.45) is 5.73 Å². The Morgan fingerprint density at radius 1 is 1.31 bits per heavy atom. The molecule has 1 rings (SSSR count). The van der Waals surface area contributed by atoms with Gasteiger partial charge in [-0.3, -0.25) is 4.90 Å². The van der Waals surface area contributed by atoms with Crippen molar-refractivity contribution in [3.8, 4) is 0 Å². The second-order valence-corrected chi connectivity index (χ2v) is 4.75. The van der Waals surface area contributed by atoms with Crippen LogP contribution in [0.5, 0.6) is 0 Å². The molecule has 1 heterocycles. The third kappa shape index (κ3) is 3.65. The van der Waals surface area contributed by atoms with Crippen LogP contribution in [0.3, 0.4) is 0 Å². The van der Waals surface area contributed by atoms with Crippen LogP contribution in [0.4, 0.5) is 0 Å². The zero-order valence-electron chi connectivity index (χ0n) is 10.9. The zero-order valence-corrected chi connectivity index (χ0v) is 10.9. The Morgan fingerprint density at radius 2 is 1.94 bits per heavy atom. The molecule has 3 heteroatoms. The largest absolute Gasteiger partial charge is 0.465 e. The molecule has 16 heavy (non-hydrogen) atoms. The first-order valence-corrected chi connectivity index (χ1v) is 6.02. The molecule has 1 aromatic heterocycles. The van der Waals surface area contributed by atoms with Crippen LogP contribution in [-0.4, -0.2) is 24.0 Å². The van der Waals surface area contributed by atoms with Crippen LogP contribution in [0.25, 0.3) is 0 Å². The van der Waals surface area contributed by atoms with Crippen molar-refractivity contribution in [1.29, 1.82) is 0 Å². The molecule has 0 fully saturated rings. The summed E-state index contributed by atoms with van der Waals surface area (Å²) < 4.78 is 5.55. The van der Waals surface area contributed by atoms with E-state index < -0.39 is 0 Å². The summed E-state index contributed by atoms with van der Waals surface area (Å²) in [6, 6.07) is 4.03. The lowest BCUT2D eigenvalue weighted by Crippen LogP contribution is -2.48. The minimum Gasteiger partial charge on any atom is -0.465 e. The Balaban J connectivity index is 2.50. The SMILES string of the molecule is CCC(N)(CC)CN(C)Cc1ccc(C)o1. The van der Waals surface area contributed by atoms with E-state index >= 15 is 0 Å². The Morgan fingerprint density at radius 3 is 2.38 bits per heavy atom. The van der Waals surface area contributed by atoms with Gasteiger partial charge in [0, 0.05) is 12.1 Å². The third-order valence-electron chi connectivity index (χ3n) is 3.21. The number of furan rings is 1. The Hall–Kier alpha value is -0.800. The number of likely N-dealkylation sites (N-methyl/N-ethyl adjacent to an activating group) is 1. The molecule has 0 aromatic carbocycles. The molecule has 0 amide bonds. The predicted octanol–water partition coefficient (Wildman–Crippen LogP) is 2.54. The summed E-state index contributed by atoms with van der Waals surface area (Å²) >= 11 is 0. The van der Waals surface area contributed by atoms with Crippen LogP contribution in [-0.2, 0) is 6.54 Å². The minimum absolute atomic E-state index is 0.0730. The van der Waals surface area contributed by atoms with Gasteiger partial charge in [0.2, 0.25) is 0 Å². The Kier molecular flexibility index (Phi) is 4.56. The molecule has 0 spiro atoms. The summed E-state index contributed by atoms with van der Waals surface area (Å²) in [4.78, 5) is 2.23. The summed E-state index contributed by atoms with van der Waals surface area (Å²) in [6.45, 7) is 7.99. The maximum atomic E-state index is 6.28. The minimum atomic E-state index is -0.0730. The van der Waals surface area contributed by atoms with Gasteiger partial charge in [0.25, 0.3) is 0 Å². The highest BCUT2D eigenvalue weighted by Crippen LogP contribution is 2.15. The van der Waals surface area contributed by atoms with Crippen LogP contribution in [0.1, 0.15) is 38.2 Å². The monoisotopic (exact) mass is 224 g/mol. The van der Waals surface area contributed by atoms with Crippen molar-refractivity contribution in [3.05, 3.63) is 23.7 Å². The smallest absolute Gasteiger partial charge is 0.118 e. The molecule has 0 unspecified atom stereocenters. The molecule has 2 N–H and O–H groups in total. The molecular formula is C13H24N2O. The van der Waals surface area contributed by atoms with E-state index in [2.05, 4.69) is 25.8 Å². The number of nitrogens with two attached hydrogens (primary N) is 1. The lowest BCUT2D eigenvalue weighted by molar-refractivity contribution is 0.214. The van der Waals surface area contributed by atoms with E-state index in [4.69, 9.17) is 10.2 Å². The summed E-state index contributed by atoms with van der Waals surface area (Å²) in [5.41, 5.74) is 6.21. The Labute approximate surface area is 98.6 Å². The van der Waals surface area contributed by atoms with Crippen LogP contribution in [0.2, 0.25) is 0 Å². The van der Waals surface area contributed by atoms with Crippen molar-refractivity contribution in [2.45, 2.75) is 45.7 Å². The number of hydrogen-bond acceptors (Lipinski definition) is 3. The molecule has 92 valence electrons. The molecule has 0 aliphatic rings. The van der Waals surface area contributed by atoms with Gasteiger partial charge in [0.15, 0.2) is 0 Å². The van der Waals surface area contributed by atoms with E-state index in [9.17, 15) is 0 Å². The summed E-state index contributed by atoms with van der Waals surface area (Å²) in [5.74, 6) is 1.97. The van der Waals surface area contributed by atoms with Gasteiger partial charge in [-0.1, -0.05) is 13.8 Å². The van der Waals surface area contributed by atoms with Crippen LogP contribution in [0, 0.1) is 6.92 Å². The van der Waals surface area contributed by atoms with E-state index in [0.717, 1.165) is 37.5 Å². The van der Waals surface area contributed by atoms with Crippen LogP contribution >= 0.6 is 0 Å². The molecule has 0 aliphatic heterocycles. The standard InChI is InChI=1S/C13H24N2O/c1-5-13(14,6-2)10-15(4)9-12-8-7-11(3)16-12/h7-8H,5-6,9-10,14H2,1-4H3. The zero-order chi connectivity index (χ0) is 12.2. The van der Waals surface area contributed by atoms with Crippen LogP contribution in [0.15, 0.2) is 16.5 Å². The van der Waals surface area contributed by atoms with Gasteiger partial charge in [0.1, 0.15) is 11.5 Å². The second kappa shape index (κ2) is 5.51. The van der Waals surface area contributed by atoms with E-state index in [1.165, 1.54) is 0 Å². The fourth-order valence-electron chi connectivity index (χ4n) is 1.90. The summed E-state index contributed by atoms with van der Waals surface area (Å²) in [6.07, 6.45) is 2.01. The molecule has 0 atom stereocenters. The maximum absolute atomic E-state index is 6.28. The van der Waals surface area contributed by atoms with Gasteiger partial charge in [-0.05, 0) is 38.9 Å². The van der Waals surface area contributed by atoms with Crippen molar-refractivity contribution in [3.63, 3.8) is 0 Å². The van der Waals surface area contributed by atoms with E-state index in [-0.39, 0.29) is 5.54 Å². The molecule has 0 saturated carbocycles. The van der Waals surface area contributed by atoms with Crippen molar-refractivity contribution >= 4 is 0 Å². The van der Waals surface area contributed by atoms with Gasteiger partial charge in [-0.2, -0.15) is 0 Å². The molecule has 3 nitrogen and oxygen atoms in total. The molecular weight excluding hydrogens is 200 g/mol. The lowest BCUT2D eigenvalue weighted by atomic mass is 9.94. The molecule has 0 saturated heterocycles. The van der Waals surface area contributed by atoms with E-state index in [0.29, 0.717) is 0 Å². The molecule has 1 aromatic rings. The fourth-order valence-corrected chi connectivity index (χ4v) is 1.90. The number of hydrogen-bond donors (Lipinski definition) is 1. The van der Waals surface area contributed by atoms with Crippen molar-refractivity contribution in [1.82, 2.24) is 4.90 Å². The highest BCUT2D eigenvalue weighted by Gasteiger charge is 2.22. The van der Waals surface area contributed by atoms with Gasteiger partial charge >= 0.3 is 0 Å². The molecule has 0 aliphatic carbocycles. The Bertz CT molecular complexity index is 315. The average Bonchev–Trinajstić information content (AvgIpc) is 2.63. The topological polar surface area (TPSA) is 42.4 Å². The maximum Gasteiger partial charge on any atom is 0.118 e. The second-order valence-electron chi connectivity index (χ2n) is 4.75. The molecule has 0 bridgehead atoms. The van der Waals surface area contributed by atoms with Crippen molar-refractivity contribution in [2.75, 3.05) is 13.6 Å². The normalized spacial score (nSPS) is 12.4. The number of aryl methyl sites for hydroxylation is 1. The van der Waals surface area contributed by atoms with Crippen molar-refractivity contribution < 1.29 is 4.42 Å². The lowest BCUT2D eigenvalue weighted by Gasteiger charge is -2.31. The average molecular weight is 224 g/mol. The first kappa shape index (κ1) is 13.3. The summed E-state index contributed by atoms with van der Waals surface area (Å²) in [7, 11) is 2.09. The van der Waals surface area contributed by atoms with Crippen LogP contribution < -0.4 is 5.73 Å². The van der Waals surface area contributed by atoms with Gasteiger partial charge in [-0.15, -0.1) is 0 Å². The quantitative estimate of drug-likeness (QED) is 0.807. The summed E-state index contributed by atoms with van der Waals surface area (Å²) in [5, 5.41) is 0. The van der Waals surface area contributed by atoms with Gasteiger partial charge in [-0.25, -0.2) is 0 Å². The first-order valence-electron chi connectivity index (χ1n) is 6.02. The van der Waals surface area contributed by atoms with E-state index in [1.54, 1.807) is 0 Å². The van der Waals surface area contributed by atoms with Gasteiger partial charge in [0.05, 0.1) is 6.54 Å². The van der Waals surface area contributed by atoms with Gasteiger partial charge < -0.3 is 10.2 Å². The highest BCUT2D eigenvalue weighted by molar-refractivity contribution is 5.05.